The van der Waals surface area contributed by atoms with Crippen LogP contribution in [0.2, 0.25) is 0 Å². The summed E-state index contributed by atoms with van der Waals surface area (Å²) in [5, 5.41) is 15.2. The van der Waals surface area contributed by atoms with Crippen LogP contribution in [0.4, 0.5) is 13.2 Å². The summed E-state index contributed by atoms with van der Waals surface area (Å²) in [5.41, 5.74) is 0. The van der Waals surface area contributed by atoms with Crippen molar-refractivity contribution in [2.75, 3.05) is 13.1 Å². The third-order valence-corrected chi connectivity index (χ3v) is 4.62. The number of thioether (sulfide) groups is 1. The largest absolute Gasteiger partial charge is 0.455 e. The highest BCUT2D eigenvalue weighted by Gasteiger charge is 2.37. The predicted molar refractivity (Wildman–Crippen MR) is 82.0 cm³/mol. The summed E-state index contributed by atoms with van der Waals surface area (Å²) < 4.78 is 43.7. The van der Waals surface area contributed by atoms with Crippen molar-refractivity contribution in [1.82, 2.24) is 30.2 Å². The molecule has 0 amide bonds. The van der Waals surface area contributed by atoms with Gasteiger partial charge >= 0.3 is 6.18 Å². The van der Waals surface area contributed by atoms with Crippen molar-refractivity contribution < 1.29 is 17.7 Å². The highest BCUT2D eigenvalue weighted by Crippen LogP contribution is 2.29. The molecular weight excluding hydrogens is 369 g/mol. The lowest BCUT2D eigenvalue weighted by molar-refractivity contribution is -0.146. The van der Waals surface area contributed by atoms with Gasteiger partial charge in [-0.1, -0.05) is 16.9 Å². The Hall–Kier alpha value is -1.33. The summed E-state index contributed by atoms with van der Waals surface area (Å²) in [6, 6.07) is 0. The third-order valence-electron chi connectivity index (χ3n) is 3.62. The monoisotopic (exact) mass is 384 g/mol. The Morgan fingerprint density at radius 1 is 1.29 bits per heavy atom. The topological polar surface area (TPSA) is 81.7 Å². The molecule has 134 valence electrons. The second-order valence-electron chi connectivity index (χ2n) is 5.22. The minimum Gasteiger partial charge on any atom is -0.338 e. The molecule has 0 aromatic carbocycles. The normalized spacial score (nSPS) is 16.2. The van der Waals surface area contributed by atoms with E-state index in [0.717, 1.165) is 31.8 Å². The first-order valence-corrected chi connectivity index (χ1v) is 8.06. The number of aromatic nitrogens is 5. The van der Waals surface area contributed by atoms with E-state index in [1.807, 2.05) is 11.6 Å². The predicted octanol–water partition coefficient (Wildman–Crippen LogP) is 2.40. The van der Waals surface area contributed by atoms with Crippen LogP contribution in [0.5, 0.6) is 0 Å². The quantitative estimate of drug-likeness (QED) is 0.810. The van der Waals surface area contributed by atoms with Gasteiger partial charge in [-0.25, -0.2) is 0 Å². The molecule has 0 radical (unpaired) electrons. The van der Waals surface area contributed by atoms with Crippen molar-refractivity contribution >= 4 is 24.2 Å². The molecule has 0 bridgehead atoms. The Bertz CT molecular complexity index is 670. The lowest BCUT2D eigenvalue weighted by Crippen LogP contribution is -2.27. The average Bonchev–Trinajstić information content (AvgIpc) is 3.13. The van der Waals surface area contributed by atoms with E-state index in [-0.39, 0.29) is 24.1 Å². The van der Waals surface area contributed by atoms with Gasteiger partial charge in [-0.3, -0.25) is 0 Å². The Morgan fingerprint density at radius 2 is 2.00 bits per heavy atom. The van der Waals surface area contributed by atoms with Crippen LogP contribution in [0.3, 0.4) is 0 Å². The summed E-state index contributed by atoms with van der Waals surface area (Å²) in [4.78, 5) is 3.33. The van der Waals surface area contributed by atoms with E-state index >= 15 is 0 Å². The highest BCUT2D eigenvalue weighted by molar-refractivity contribution is 7.98. The number of rotatable bonds is 4. The Labute approximate surface area is 146 Å². The maximum atomic E-state index is 12.4. The molecule has 1 fully saturated rings. The molecule has 0 atom stereocenters. The van der Waals surface area contributed by atoms with E-state index in [1.165, 1.54) is 11.8 Å². The van der Waals surface area contributed by atoms with Crippen molar-refractivity contribution in [2.24, 2.45) is 7.05 Å². The maximum absolute atomic E-state index is 12.4. The summed E-state index contributed by atoms with van der Waals surface area (Å²) in [7, 11) is 1.86. The van der Waals surface area contributed by atoms with Crippen molar-refractivity contribution in [3.63, 3.8) is 0 Å². The van der Waals surface area contributed by atoms with Gasteiger partial charge in [-0.05, 0) is 25.9 Å². The maximum Gasteiger partial charge on any atom is 0.455 e. The number of hydrogen-bond donors (Lipinski definition) is 1. The van der Waals surface area contributed by atoms with Crippen LogP contribution in [0.25, 0.3) is 0 Å². The first-order chi connectivity index (χ1) is 10.9. The molecule has 1 aliphatic heterocycles. The zero-order valence-corrected chi connectivity index (χ0v) is 14.3. The summed E-state index contributed by atoms with van der Waals surface area (Å²) in [5.74, 6) is 0.00964. The molecule has 0 saturated carbocycles. The Morgan fingerprint density at radius 3 is 2.62 bits per heavy atom. The minimum atomic E-state index is -4.60. The van der Waals surface area contributed by atoms with Crippen LogP contribution in [-0.4, -0.2) is 38.0 Å². The molecule has 0 spiro atoms. The summed E-state index contributed by atoms with van der Waals surface area (Å²) in [6.07, 6.45) is -2.61. The number of piperidine rings is 1. The smallest absolute Gasteiger partial charge is 0.338 e. The fourth-order valence-corrected chi connectivity index (χ4v) is 3.20. The molecule has 2 aromatic rings. The van der Waals surface area contributed by atoms with E-state index in [4.69, 9.17) is 0 Å². The van der Waals surface area contributed by atoms with Crippen LogP contribution in [0.1, 0.15) is 36.3 Å². The molecule has 2 aromatic heterocycles. The molecule has 3 rings (SSSR count). The van der Waals surface area contributed by atoms with E-state index in [0.29, 0.717) is 11.1 Å². The number of hydrogen-bond acceptors (Lipinski definition) is 7. The van der Waals surface area contributed by atoms with Gasteiger partial charge in [0.2, 0.25) is 5.89 Å². The molecule has 1 aliphatic rings. The molecule has 0 unspecified atom stereocenters. The van der Waals surface area contributed by atoms with E-state index in [2.05, 4.69) is 30.2 Å². The number of halogens is 4. The van der Waals surface area contributed by atoms with Crippen molar-refractivity contribution in [3.05, 3.63) is 17.5 Å². The van der Waals surface area contributed by atoms with Crippen molar-refractivity contribution in [2.45, 2.75) is 35.8 Å². The van der Waals surface area contributed by atoms with Crippen LogP contribution in [-0.2, 0) is 19.0 Å². The van der Waals surface area contributed by atoms with Crippen LogP contribution < -0.4 is 5.32 Å². The fraction of sp³-hybridized carbons (Fsp3) is 0.667. The first kappa shape index (κ1) is 19.0. The Kier molecular flexibility index (Phi) is 6.10. The van der Waals surface area contributed by atoms with Gasteiger partial charge in [0.25, 0.3) is 5.82 Å². The summed E-state index contributed by atoms with van der Waals surface area (Å²) in [6.45, 7) is 1.89. The van der Waals surface area contributed by atoms with Gasteiger partial charge in [0.05, 0.1) is 5.75 Å². The number of nitrogens with one attached hydrogen (secondary N) is 1. The molecule has 1 N–H and O–H groups in total. The average molecular weight is 385 g/mol. The van der Waals surface area contributed by atoms with Crippen LogP contribution in [0.15, 0.2) is 9.68 Å². The molecular formula is C12H16ClF3N6OS. The first-order valence-electron chi connectivity index (χ1n) is 7.07. The molecule has 1 saturated heterocycles. The van der Waals surface area contributed by atoms with Gasteiger partial charge in [0.1, 0.15) is 5.82 Å². The zero-order valence-electron chi connectivity index (χ0n) is 12.7. The van der Waals surface area contributed by atoms with Gasteiger partial charge in [-0.15, -0.1) is 22.6 Å². The molecule has 0 aliphatic carbocycles. The fourth-order valence-electron chi connectivity index (χ4n) is 2.44. The molecule has 7 nitrogen and oxygen atoms in total. The number of nitrogens with zero attached hydrogens (tertiary/aromatic N) is 5. The van der Waals surface area contributed by atoms with Gasteiger partial charge < -0.3 is 14.4 Å². The summed E-state index contributed by atoms with van der Waals surface area (Å²) >= 11 is 1.22. The lowest BCUT2D eigenvalue weighted by Gasteiger charge is -2.21. The second kappa shape index (κ2) is 7.70. The van der Waals surface area contributed by atoms with Gasteiger partial charge in [0.15, 0.2) is 5.16 Å². The SMILES string of the molecule is Cl.Cn1c(SCc2nc(C(F)(F)F)no2)nnc1C1CCNCC1. The molecule has 3 heterocycles. The third kappa shape index (κ3) is 4.19. The second-order valence-corrected chi connectivity index (χ2v) is 6.16. The van der Waals surface area contributed by atoms with E-state index < -0.39 is 12.0 Å². The lowest BCUT2D eigenvalue weighted by atomic mass is 9.97. The Balaban J connectivity index is 0.00000208. The van der Waals surface area contributed by atoms with E-state index in [9.17, 15) is 13.2 Å². The minimum absolute atomic E-state index is 0. The molecule has 24 heavy (non-hydrogen) atoms. The van der Waals surface area contributed by atoms with Crippen molar-refractivity contribution in [3.8, 4) is 0 Å². The van der Waals surface area contributed by atoms with E-state index in [1.54, 1.807) is 0 Å². The zero-order chi connectivity index (χ0) is 16.4. The van der Waals surface area contributed by atoms with Crippen LogP contribution >= 0.6 is 24.2 Å². The van der Waals surface area contributed by atoms with Crippen LogP contribution in [0, 0.1) is 0 Å². The highest BCUT2D eigenvalue weighted by atomic mass is 35.5. The standard InChI is InChI=1S/C12H15F3N6OS.ClH/c1-21-9(7-2-4-16-5-3-7)18-19-11(21)23-6-8-17-10(20-22-8)12(13,14)15;/h7,16H,2-6H2,1H3;1H. The van der Waals surface area contributed by atoms with Crippen molar-refractivity contribution in [1.29, 1.82) is 0 Å². The molecule has 12 heteroatoms. The number of alkyl halides is 3. The van der Waals surface area contributed by atoms with Gasteiger partial charge in [-0.2, -0.15) is 18.2 Å². The van der Waals surface area contributed by atoms with Gasteiger partial charge in [0, 0.05) is 13.0 Å².